The Balaban J connectivity index is 1.17. The number of carbonyl (C=O) groups excluding carboxylic acids is 1. The van der Waals surface area contributed by atoms with E-state index in [1.807, 2.05) is 0 Å². The Bertz CT molecular complexity index is 1210. The maximum absolute atomic E-state index is 14.9. The Hall–Kier alpha value is -2.74. The average Bonchev–Trinajstić information content (AvgIpc) is 2.86. The highest BCUT2D eigenvalue weighted by Gasteiger charge is 2.52. The molecule has 4 fully saturated rings. The second kappa shape index (κ2) is 11.6. The summed E-state index contributed by atoms with van der Waals surface area (Å²) >= 11 is 1.23. The summed E-state index contributed by atoms with van der Waals surface area (Å²) in [5, 5.41) is 11.8. The molecule has 0 aromatic heterocycles. The summed E-state index contributed by atoms with van der Waals surface area (Å²) in [6, 6.07) is 12.3. The second-order valence-corrected chi connectivity index (χ2v) is 14.0. The molecule has 0 spiro atoms. The highest BCUT2D eigenvalue weighted by Crippen LogP contribution is 2.61. The van der Waals surface area contributed by atoms with Crippen molar-refractivity contribution in [1.82, 2.24) is 5.32 Å². The van der Waals surface area contributed by atoms with E-state index >= 15 is 0 Å². The molecule has 4 aliphatic carbocycles. The summed E-state index contributed by atoms with van der Waals surface area (Å²) in [4.78, 5) is 23.5. The van der Waals surface area contributed by atoms with E-state index in [0.717, 1.165) is 17.8 Å². The number of carbonyl (C=O) groups is 2. The minimum Gasteiger partial charge on any atom is -0.489 e. The maximum Gasteiger partial charge on any atom is 0.408 e. The lowest BCUT2D eigenvalue weighted by Crippen LogP contribution is -2.49. The van der Waals surface area contributed by atoms with E-state index in [1.165, 1.54) is 67.5 Å². The van der Waals surface area contributed by atoms with Gasteiger partial charge in [0.2, 0.25) is 0 Å². The van der Waals surface area contributed by atoms with Crippen LogP contribution in [0.1, 0.15) is 76.0 Å². The molecule has 2 aromatic carbocycles. The predicted molar refractivity (Wildman–Crippen MR) is 154 cm³/mol. The molecule has 8 heteroatoms. The van der Waals surface area contributed by atoms with Crippen molar-refractivity contribution in [2.75, 3.05) is 5.75 Å². The molecule has 1 atom stereocenters. The van der Waals surface area contributed by atoms with E-state index in [0.29, 0.717) is 17.9 Å². The largest absolute Gasteiger partial charge is 0.489 e. The van der Waals surface area contributed by atoms with Crippen LogP contribution >= 0.6 is 11.8 Å². The zero-order valence-corrected chi connectivity index (χ0v) is 24.4. The molecule has 4 aliphatic rings. The van der Waals surface area contributed by atoms with Crippen LogP contribution in [0, 0.1) is 23.6 Å². The van der Waals surface area contributed by atoms with Crippen LogP contribution in [0.2, 0.25) is 0 Å². The number of rotatable bonds is 10. The fraction of sp³-hybridized carbons (Fsp3) is 0.562. The van der Waals surface area contributed by atoms with Gasteiger partial charge in [-0.25, -0.2) is 14.0 Å². The highest BCUT2D eigenvalue weighted by atomic mass is 32.2. The van der Waals surface area contributed by atoms with Gasteiger partial charge >= 0.3 is 12.1 Å². The molecule has 2 aromatic rings. The molecule has 1 unspecified atom stereocenters. The monoisotopic (exact) mass is 569 g/mol. The number of halogens is 1. The minimum atomic E-state index is -1.17. The second-order valence-electron chi connectivity index (χ2n) is 12.9. The number of nitrogens with one attached hydrogen (secondary N) is 1. The predicted octanol–water partition coefficient (Wildman–Crippen LogP) is 7.08. The van der Waals surface area contributed by atoms with Gasteiger partial charge in [0.05, 0.1) is 0 Å². The van der Waals surface area contributed by atoms with Crippen molar-refractivity contribution in [2.45, 2.75) is 88.7 Å². The maximum atomic E-state index is 14.9. The summed E-state index contributed by atoms with van der Waals surface area (Å²) < 4.78 is 26.2. The van der Waals surface area contributed by atoms with Gasteiger partial charge in [-0.1, -0.05) is 30.3 Å². The third kappa shape index (κ3) is 6.76. The molecular formula is C32H40FNO5S. The molecule has 6 nitrogen and oxygen atoms in total. The third-order valence-electron chi connectivity index (χ3n) is 8.58. The van der Waals surface area contributed by atoms with Gasteiger partial charge in [-0.3, -0.25) is 0 Å². The van der Waals surface area contributed by atoms with Crippen molar-refractivity contribution < 1.29 is 28.6 Å². The molecule has 4 saturated carbocycles. The van der Waals surface area contributed by atoms with Crippen LogP contribution in [0.3, 0.4) is 0 Å². The molecular weight excluding hydrogens is 529 g/mol. The van der Waals surface area contributed by atoms with Gasteiger partial charge in [0.1, 0.15) is 29.8 Å². The summed E-state index contributed by atoms with van der Waals surface area (Å²) in [5.41, 5.74) is 2.61. The molecule has 0 heterocycles. The zero-order chi connectivity index (χ0) is 28.5. The highest BCUT2D eigenvalue weighted by molar-refractivity contribution is 7.98. The van der Waals surface area contributed by atoms with Crippen LogP contribution in [0.4, 0.5) is 9.18 Å². The number of carboxylic acids is 1. The Morgan fingerprint density at radius 2 is 1.70 bits per heavy atom. The minimum absolute atomic E-state index is 0.0768. The lowest BCUT2D eigenvalue weighted by atomic mass is 9.47. The Morgan fingerprint density at radius 1 is 1.05 bits per heavy atom. The number of hydrogen-bond donors (Lipinski definition) is 2. The number of benzene rings is 2. The van der Waals surface area contributed by atoms with E-state index in [4.69, 9.17) is 9.47 Å². The summed E-state index contributed by atoms with van der Waals surface area (Å²) in [6.07, 6.45) is 7.27. The van der Waals surface area contributed by atoms with E-state index in [9.17, 15) is 19.1 Å². The first-order valence-electron chi connectivity index (χ1n) is 14.3. The van der Waals surface area contributed by atoms with E-state index in [1.54, 1.807) is 32.9 Å². The first-order valence-corrected chi connectivity index (χ1v) is 15.4. The average molecular weight is 570 g/mol. The topological polar surface area (TPSA) is 84.9 Å². The molecule has 1 amide bonds. The number of hydrogen-bond acceptors (Lipinski definition) is 5. The van der Waals surface area contributed by atoms with Crippen molar-refractivity contribution in [3.05, 3.63) is 65.0 Å². The van der Waals surface area contributed by atoms with E-state index in [2.05, 4.69) is 29.6 Å². The fourth-order valence-corrected chi connectivity index (χ4v) is 8.44. The Morgan fingerprint density at radius 3 is 2.30 bits per heavy atom. The number of ether oxygens (including phenoxy) is 2. The quantitative estimate of drug-likeness (QED) is 0.318. The molecule has 0 saturated heterocycles. The SMILES string of the molecule is CC(C)(C)OC(=O)NC(CSCc1ccc(OCc2ccccc2C23CC4CC(CC(C4)C2)C3)cc1F)C(=O)O. The van der Waals surface area contributed by atoms with Crippen LogP contribution in [0.5, 0.6) is 5.75 Å². The standard InChI is InChI=1S/C32H40FNO5S/c1-31(2,3)39-30(37)34-28(29(35)36)19-40-18-24-8-9-25(13-27(24)33)38-17-23-6-4-5-7-26(23)32-14-20-10-21(15-32)12-22(11-20)16-32/h4-9,13,20-22,28H,10-12,14-19H2,1-3H3,(H,34,37)(H,35,36). The van der Waals surface area contributed by atoms with Gasteiger partial charge < -0.3 is 19.9 Å². The van der Waals surface area contributed by atoms with Crippen LogP contribution in [-0.2, 0) is 27.3 Å². The summed E-state index contributed by atoms with van der Waals surface area (Å²) in [6.45, 7) is 5.52. The number of amides is 1. The molecule has 2 N–H and O–H groups in total. The first-order chi connectivity index (χ1) is 19.0. The van der Waals surface area contributed by atoms with Crippen LogP contribution in [-0.4, -0.2) is 34.6 Å². The molecule has 40 heavy (non-hydrogen) atoms. The van der Waals surface area contributed by atoms with Gasteiger partial charge in [0.25, 0.3) is 0 Å². The van der Waals surface area contributed by atoms with Gasteiger partial charge in [0, 0.05) is 17.6 Å². The smallest absolute Gasteiger partial charge is 0.408 e. The lowest BCUT2D eigenvalue weighted by Gasteiger charge is -2.57. The molecule has 0 aliphatic heterocycles. The number of carboxylic acid groups (broad SMARTS) is 1. The summed E-state index contributed by atoms with van der Waals surface area (Å²) in [7, 11) is 0. The zero-order valence-electron chi connectivity index (χ0n) is 23.6. The molecule has 216 valence electrons. The van der Waals surface area contributed by atoms with Crippen molar-refractivity contribution in [2.24, 2.45) is 17.8 Å². The van der Waals surface area contributed by atoms with Gasteiger partial charge in [-0.05, 0) is 105 Å². The van der Waals surface area contributed by atoms with Gasteiger partial charge in [-0.2, -0.15) is 11.8 Å². The number of aliphatic carboxylic acids is 1. The third-order valence-corrected chi connectivity index (χ3v) is 9.66. The van der Waals surface area contributed by atoms with Crippen LogP contribution < -0.4 is 10.1 Å². The normalized spacial score (nSPS) is 25.9. The van der Waals surface area contributed by atoms with Crippen molar-refractivity contribution in [3.63, 3.8) is 0 Å². The lowest BCUT2D eigenvalue weighted by molar-refractivity contribution is -0.138. The van der Waals surface area contributed by atoms with E-state index < -0.39 is 29.5 Å². The van der Waals surface area contributed by atoms with Gasteiger partial charge in [-0.15, -0.1) is 0 Å². The van der Waals surface area contributed by atoms with Crippen molar-refractivity contribution in [3.8, 4) is 5.75 Å². The fourth-order valence-electron chi connectivity index (χ4n) is 7.41. The summed E-state index contributed by atoms with van der Waals surface area (Å²) in [5.74, 6) is 1.83. The number of alkyl carbamates (subject to hydrolysis) is 1. The van der Waals surface area contributed by atoms with Crippen LogP contribution in [0.25, 0.3) is 0 Å². The molecule has 0 radical (unpaired) electrons. The Labute approximate surface area is 240 Å². The van der Waals surface area contributed by atoms with Crippen molar-refractivity contribution >= 4 is 23.8 Å². The number of thioether (sulfide) groups is 1. The van der Waals surface area contributed by atoms with E-state index in [-0.39, 0.29) is 16.9 Å². The molecule has 6 rings (SSSR count). The first kappa shape index (κ1) is 28.8. The van der Waals surface area contributed by atoms with Crippen LogP contribution in [0.15, 0.2) is 42.5 Å². The Kier molecular flexibility index (Phi) is 8.37. The van der Waals surface area contributed by atoms with Gasteiger partial charge in [0.15, 0.2) is 0 Å². The van der Waals surface area contributed by atoms with Crippen molar-refractivity contribution in [1.29, 1.82) is 0 Å². The molecule has 4 bridgehead atoms.